The molecule has 0 aliphatic heterocycles. The number of hydrogen-bond acceptors (Lipinski definition) is 3. The third-order valence-corrected chi connectivity index (χ3v) is 2.51. The van der Waals surface area contributed by atoms with Crippen molar-refractivity contribution in [2.75, 3.05) is 13.7 Å². The molecule has 0 aromatic heterocycles. The quantitative estimate of drug-likeness (QED) is 0.908. The Kier molecular flexibility index (Phi) is 5.31. The number of alkyl halides is 3. The van der Waals surface area contributed by atoms with Gasteiger partial charge in [0, 0.05) is 6.04 Å². The second-order valence-electron chi connectivity index (χ2n) is 4.19. The van der Waals surface area contributed by atoms with E-state index in [1.807, 2.05) is 6.92 Å². The molecule has 1 atom stereocenters. The topological polar surface area (TPSA) is 44.5 Å². The number of benzene rings is 1. The standard InChI is InChI=1S/C12H15ClF3NO2/c1-7(17)3-8-4-9(13)11(10(5-8)18-2)19-6-12(14,15)16/h4-5,7H,3,6,17H2,1-2H3. The number of methoxy groups -OCH3 is 1. The second kappa shape index (κ2) is 6.34. The first-order valence-electron chi connectivity index (χ1n) is 5.54. The van der Waals surface area contributed by atoms with Crippen LogP contribution in [0.1, 0.15) is 12.5 Å². The summed E-state index contributed by atoms with van der Waals surface area (Å²) in [5.74, 6) is 0.0438. The lowest BCUT2D eigenvalue weighted by Crippen LogP contribution is -2.20. The highest BCUT2D eigenvalue weighted by Crippen LogP contribution is 2.37. The summed E-state index contributed by atoms with van der Waals surface area (Å²) >= 11 is 5.91. The molecule has 0 aliphatic carbocycles. The summed E-state index contributed by atoms with van der Waals surface area (Å²) in [5.41, 5.74) is 6.43. The summed E-state index contributed by atoms with van der Waals surface area (Å²) in [6.45, 7) is 0.393. The summed E-state index contributed by atoms with van der Waals surface area (Å²) in [7, 11) is 1.34. The molecule has 0 amide bonds. The number of hydrogen-bond donors (Lipinski definition) is 1. The average molecular weight is 298 g/mol. The molecule has 7 heteroatoms. The van der Waals surface area contributed by atoms with Crippen molar-refractivity contribution in [1.82, 2.24) is 0 Å². The average Bonchev–Trinajstić information content (AvgIpc) is 2.24. The van der Waals surface area contributed by atoms with Crippen LogP contribution in [0.3, 0.4) is 0 Å². The first-order chi connectivity index (χ1) is 8.73. The molecule has 0 fully saturated rings. The highest BCUT2D eigenvalue weighted by atomic mass is 35.5. The van der Waals surface area contributed by atoms with E-state index in [4.69, 9.17) is 22.1 Å². The van der Waals surface area contributed by atoms with E-state index in [1.54, 1.807) is 6.07 Å². The predicted octanol–water partition coefficient (Wildman–Crippen LogP) is 3.18. The number of rotatable bonds is 5. The van der Waals surface area contributed by atoms with Crippen LogP contribution in [0.2, 0.25) is 5.02 Å². The van der Waals surface area contributed by atoms with Crippen LogP contribution in [0.15, 0.2) is 12.1 Å². The Hall–Kier alpha value is -1.14. The van der Waals surface area contributed by atoms with Crippen LogP contribution in [0.5, 0.6) is 11.5 Å². The molecule has 19 heavy (non-hydrogen) atoms. The zero-order valence-electron chi connectivity index (χ0n) is 10.6. The Bertz CT molecular complexity index is 436. The van der Waals surface area contributed by atoms with Gasteiger partial charge in [0.05, 0.1) is 12.1 Å². The fourth-order valence-corrected chi connectivity index (χ4v) is 1.84. The Morgan fingerprint density at radius 1 is 1.37 bits per heavy atom. The molecule has 3 nitrogen and oxygen atoms in total. The smallest absolute Gasteiger partial charge is 0.422 e. The van der Waals surface area contributed by atoms with E-state index >= 15 is 0 Å². The van der Waals surface area contributed by atoms with Gasteiger partial charge in [-0.05, 0) is 31.0 Å². The molecule has 0 radical (unpaired) electrons. The van der Waals surface area contributed by atoms with Gasteiger partial charge in [0.15, 0.2) is 18.1 Å². The van der Waals surface area contributed by atoms with E-state index in [-0.39, 0.29) is 22.6 Å². The van der Waals surface area contributed by atoms with E-state index in [2.05, 4.69) is 4.74 Å². The maximum absolute atomic E-state index is 12.1. The molecular formula is C12H15ClF3NO2. The molecule has 2 N–H and O–H groups in total. The van der Waals surface area contributed by atoms with Gasteiger partial charge < -0.3 is 15.2 Å². The number of ether oxygens (including phenoxy) is 2. The maximum atomic E-state index is 12.1. The minimum absolute atomic E-state index is 0.0688. The Morgan fingerprint density at radius 2 is 2.00 bits per heavy atom. The van der Waals surface area contributed by atoms with Crippen LogP contribution >= 0.6 is 11.6 Å². The molecule has 1 aromatic rings. The molecule has 1 aromatic carbocycles. The van der Waals surface area contributed by atoms with Crippen LogP contribution in [0, 0.1) is 0 Å². The monoisotopic (exact) mass is 297 g/mol. The molecule has 1 rings (SSSR count). The molecule has 0 aliphatic rings. The molecule has 1 unspecified atom stereocenters. The van der Waals surface area contributed by atoms with Crippen LogP contribution < -0.4 is 15.2 Å². The summed E-state index contributed by atoms with van der Waals surface area (Å²) in [4.78, 5) is 0. The molecule has 108 valence electrons. The van der Waals surface area contributed by atoms with Crippen LogP contribution in [-0.2, 0) is 6.42 Å². The van der Waals surface area contributed by atoms with E-state index < -0.39 is 12.8 Å². The summed E-state index contributed by atoms with van der Waals surface area (Å²) < 4.78 is 46.1. The largest absolute Gasteiger partial charge is 0.493 e. The molecule has 0 bridgehead atoms. The zero-order chi connectivity index (χ0) is 14.6. The first-order valence-corrected chi connectivity index (χ1v) is 5.92. The summed E-state index contributed by atoms with van der Waals surface area (Å²) in [6, 6.07) is 3.00. The summed E-state index contributed by atoms with van der Waals surface area (Å²) in [6.07, 6.45) is -3.89. The fourth-order valence-electron chi connectivity index (χ4n) is 1.56. The minimum atomic E-state index is -4.43. The van der Waals surface area contributed by atoms with Crippen molar-refractivity contribution in [1.29, 1.82) is 0 Å². The van der Waals surface area contributed by atoms with Gasteiger partial charge in [0.25, 0.3) is 0 Å². The minimum Gasteiger partial charge on any atom is -0.493 e. The third kappa shape index (κ3) is 5.16. The van der Waals surface area contributed by atoms with Crippen molar-refractivity contribution in [3.05, 3.63) is 22.7 Å². The molecular weight excluding hydrogens is 283 g/mol. The van der Waals surface area contributed by atoms with Crippen molar-refractivity contribution >= 4 is 11.6 Å². The number of halogens is 4. The van der Waals surface area contributed by atoms with Gasteiger partial charge >= 0.3 is 6.18 Å². The lowest BCUT2D eigenvalue weighted by molar-refractivity contribution is -0.153. The molecule has 0 saturated carbocycles. The lowest BCUT2D eigenvalue weighted by Gasteiger charge is -2.15. The van der Waals surface area contributed by atoms with E-state index in [0.717, 1.165) is 5.56 Å². The van der Waals surface area contributed by atoms with E-state index in [1.165, 1.54) is 13.2 Å². The van der Waals surface area contributed by atoms with Crippen molar-refractivity contribution in [2.24, 2.45) is 5.73 Å². The van der Waals surface area contributed by atoms with Gasteiger partial charge in [0.1, 0.15) is 0 Å². The van der Waals surface area contributed by atoms with Crippen LogP contribution in [0.4, 0.5) is 13.2 Å². The number of nitrogens with two attached hydrogens (primary N) is 1. The molecule has 0 spiro atoms. The SMILES string of the molecule is COc1cc(CC(C)N)cc(Cl)c1OCC(F)(F)F. The van der Waals surface area contributed by atoms with Gasteiger partial charge in [0.2, 0.25) is 0 Å². The van der Waals surface area contributed by atoms with Gasteiger partial charge in [-0.2, -0.15) is 13.2 Å². The van der Waals surface area contributed by atoms with Crippen LogP contribution in [0.25, 0.3) is 0 Å². The van der Waals surface area contributed by atoms with Gasteiger partial charge in [-0.3, -0.25) is 0 Å². The normalized spacial score (nSPS) is 13.2. The molecule has 0 saturated heterocycles. The first kappa shape index (κ1) is 15.9. The van der Waals surface area contributed by atoms with E-state index in [0.29, 0.717) is 6.42 Å². The Balaban J connectivity index is 2.98. The predicted molar refractivity (Wildman–Crippen MR) is 66.9 cm³/mol. The zero-order valence-corrected chi connectivity index (χ0v) is 11.3. The Labute approximate surface area is 114 Å². The summed E-state index contributed by atoms with van der Waals surface area (Å²) in [5, 5.41) is 0.0688. The van der Waals surface area contributed by atoms with E-state index in [9.17, 15) is 13.2 Å². The Morgan fingerprint density at radius 3 is 2.47 bits per heavy atom. The van der Waals surface area contributed by atoms with Crippen molar-refractivity contribution in [3.63, 3.8) is 0 Å². The molecule has 0 heterocycles. The van der Waals surface area contributed by atoms with Gasteiger partial charge in [-0.15, -0.1) is 0 Å². The second-order valence-corrected chi connectivity index (χ2v) is 4.60. The highest BCUT2D eigenvalue weighted by Gasteiger charge is 2.29. The van der Waals surface area contributed by atoms with Crippen molar-refractivity contribution < 1.29 is 22.6 Å². The fraction of sp³-hybridized carbons (Fsp3) is 0.500. The van der Waals surface area contributed by atoms with Crippen molar-refractivity contribution in [3.8, 4) is 11.5 Å². The highest BCUT2D eigenvalue weighted by molar-refractivity contribution is 6.32. The van der Waals surface area contributed by atoms with Gasteiger partial charge in [-0.25, -0.2) is 0 Å². The van der Waals surface area contributed by atoms with Gasteiger partial charge in [-0.1, -0.05) is 11.6 Å². The lowest BCUT2D eigenvalue weighted by atomic mass is 10.1. The third-order valence-electron chi connectivity index (χ3n) is 2.23. The maximum Gasteiger partial charge on any atom is 0.422 e. The van der Waals surface area contributed by atoms with Crippen molar-refractivity contribution in [2.45, 2.75) is 25.6 Å². The van der Waals surface area contributed by atoms with Crippen LogP contribution in [-0.4, -0.2) is 25.9 Å².